The van der Waals surface area contributed by atoms with Gasteiger partial charge in [0.15, 0.2) is 11.4 Å². The summed E-state index contributed by atoms with van der Waals surface area (Å²) in [6.45, 7) is 0. The fraction of sp³-hybridized carbons (Fsp3) is 0. The summed E-state index contributed by atoms with van der Waals surface area (Å²) in [5.74, 6) is -0.0497. The summed E-state index contributed by atoms with van der Waals surface area (Å²) in [6.07, 6.45) is 3.38. The molecule has 4 rings (SSSR count). The molecule has 4 aromatic rings. The van der Waals surface area contributed by atoms with Crippen molar-refractivity contribution in [2.24, 2.45) is 0 Å². The Morgan fingerprint density at radius 3 is 2.44 bits per heavy atom. The molecule has 27 heavy (non-hydrogen) atoms. The first-order valence-corrected chi connectivity index (χ1v) is 9.17. The molecule has 1 heterocycles. The molecule has 132 valence electrons. The highest BCUT2D eigenvalue weighted by atomic mass is 79.9. The van der Waals surface area contributed by atoms with Gasteiger partial charge >= 0.3 is 0 Å². The SMILES string of the molecule is O=C(/C=C/c1ccc(Br)cc1)c1ccc(Nc2nc3ccccc3o2)cc1. The molecule has 0 spiro atoms. The van der Waals surface area contributed by atoms with Crippen molar-refractivity contribution in [3.63, 3.8) is 0 Å². The normalized spacial score (nSPS) is 11.1. The van der Waals surface area contributed by atoms with Crippen LogP contribution < -0.4 is 5.32 Å². The van der Waals surface area contributed by atoms with E-state index < -0.39 is 0 Å². The molecule has 0 bridgehead atoms. The molecule has 0 aliphatic heterocycles. The first-order valence-electron chi connectivity index (χ1n) is 8.38. The fourth-order valence-electron chi connectivity index (χ4n) is 2.61. The van der Waals surface area contributed by atoms with E-state index in [-0.39, 0.29) is 5.78 Å². The van der Waals surface area contributed by atoms with Crippen molar-refractivity contribution in [2.45, 2.75) is 0 Å². The zero-order valence-electron chi connectivity index (χ0n) is 14.2. The molecule has 0 radical (unpaired) electrons. The van der Waals surface area contributed by atoms with Gasteiger partial charge in [0, 0.05) is 15.7 Å². The molecule has 0 amide bonds. The van der Waals surface area contributed by atoms with E-state index in [2.05, 4.69) is 26.2 Å². The van der Waals surface area contributed by atoms with Crippen LogP contribution in [0.5, 0.6) is 0 Å². The Kier molecular flexibility index (Phi) is 4.85. The molecule has 0 aliphatic carbocycles. The third-order valence-corrected chi connectivity index (χ3v) is 4.54. The molecule has 0 saturated heterocycles. The molecular formula is C22H15BrN2O2. The van der Waals surface area contributed by atoms with E-state index in [0.717, 1.165) is 26.8 Å². The Labute approximate surface area is 164 Å². The highest BCUT2D eigenvalue weighted by Gasteiger charge is 2.06. The van der Waals surface area contributed by atoms with Gasteiger partial charge in [0.1, 0.15) is 5.52 Å². The quantitative estimate of drug-likeness (QED) is 0.308. The summed E-state index contributed by atoms with van der Waals surface area (Å²) in [7, 11) is 0. The van der Waals surface area contributed by atoms with Crippen LogP contribution in [0.1, 0.15) is 15.9 Å². The van der Waals surface area contributed by atoms with Crippen molar-refractivity contribution in [2.75, 3.05) is 5.32 Å². The molecular weight excluding hydrogens is 404 g/mol. The standard InChI is InChI=1S/C22H15BrN2O2/c23-17-10-5-15(6-11-17)7-14-20(26)16-8-12-18(13-9-16)24-22-25-19-3-1-2-4-21(19)27-22/h1-14H,(H,24,25)/b14-7+. The van der Waals surface area contributed by atoms with Gasteiger partial charge < -0.3 is 9.73 Å². The summed E-state index contributed by atoms with van der Waals surface area (Å²) in [5.41, 5.74) is 3.91. The van der Waals surface area contributed by atoms with E-state index in [1.807, 2.05) is 60.7 Å². The summed E-state index contributed by atoms with van der Waals surface area (Å²) in [4.78, 5) is 16.7. The topological polar surface area (TPSA) is 55.1 Å². The Morgan fingerprint density at radius 1 is 0.963 bits per heavy atom. The zero-order valence-corrected chi connectivity index (χ0v) is 15.8. The van der Waals surface area contributed by atoms with E-state index in [9.17, 15) is 4.79 Å². The minimum atomic E-state index is -0.0497. The molecule has 0 atom stereocenters. The van der Waals surface area contributed by atoms with Gasteiger partial charge in [0.25, 0.3) is 6.01 Å². The molecule has 0 saturated carbocycles. The van der Waals surface area contributed by atoms with Crippen molar-refractivity contribution >= 4 is 50.6 Å². The van der Waals surface area contributed by atoms with Crippen LogP contribution in [0.3, 0.4) is 0 Å². The number of para-hydroxylation sites is 2. The van der Waals surface area contributed by atoms with Gasteiger partial charge in [-0.3, -0.25) is 4.79 Å². The van der Waals surface area contributed by atoms with Crippen LogP contribution in [0.4, 0.5) is 11.7 Å². The van der Waals surface area contributed by atoms with Crippen LogP contribution in [-0.4, -0.2) is 10.8 Å². The maximum atomic E-state index is 12.3. The molecule has 5 heteroatoms. The fourth-order valence-corrected chi connectivity index (χ4v) is 2.87. The number of ketones is 1. The van der Waals surface area contributed by atoms with Crippen molar-refractivity contribution in [3.8, 4) is 0 Å². The second-order valence-corrected chi connectivity index (χ2v) is 6.85. The molecule has 4 nitrogen and oxygen atoms in total. The molecule has 0 fully saturated rings. The van der Waals surface area contributed by atoms with Crippen molar-refractivity contribution < 1.29 is 9.21 Å². The number of rotatable bonds is 5. The molecule has 1 aromatic heterocycles. The number of hydrogen-bond donors (Lipinski definition) is 1. The number of benzene rings is 3. The molecule has 0 aliphatic rings. The predicted octanol–water partition coefficient (Wildman–Crippen LogP) is 6.23. The van der Waals surface area contributed by atoms with E-state index in [1.165, 1.54) is 0 Å². The third-order valence-electron chi connectivity index (χ3n) is 4.01. The number of hydrogen-bond acceptors (Lipinski definition) is 4. The van der Waals surface area contributed by atoms with Crippen LogP contribution >= 0.6 is 15.9 Å². The number of allylic oxidation sites excluding steroid dienone is 1. The number of aromatic nitrogens is 1. The van der Waals surface area contributed by atoms with E-state index in [4.69, 9.17) is 4.42 Å². The second kappa shape index (κ2) is 7.60. The molecule has 1 N–H and O–H groups in total. The number of fused-ring (bicyclic) bond motifs is 1. The van der Waals surface area contributed by atoms with Crippen molar-refractivity contribution in [3.05, 3.63) is 94.5 Å². The maximum Gasteiger partial charge on any atom is 0.300 e. The Balaban J connectivity index is 1.44. The predicted molar refractivity (Wildman–Crippen MR) is 111 cm³/mol. The summed E-state index contributed by atoms with van der Waals surface area (Å²) >= 11 is 3.39. The maximum absolute atomic E-state index is 12.3. The van der Waals surface area contributed by atoms with Crippen LogP contribution in [0, 0.1) is 0 Å². The highest BCUT2D eigenvalue weighted by molar-refractivity contribution is 9.10. The first-order chi connectivity index (χ1) is 13.2. The smallest absolute Gasteiger partial charge is 0.300 e. The number of nitrogens with zero attached hydrogens (tertiary/aromatic N) is 1. The Hall–Kier alpha value is -3.18. The third kappa shape index (κ3) is 4.15. The number of carbonyl (C=O) groups excluding carboxylic acids is 1. The lowest BCUT2D eigenvalue weighted by Crippen LogP contribution is -1.95. The van der Waals surface area contributed by atoms with Gasteiger partial charge in [0.05, 0.1) is 0 Å². The van der Waals surface area contributed by atoms with Crippen LogP contribution in [0.2, 0.25) is 0 Å². The minimum Gasteiger partial charge on any atom is -0.423 e. The van der Waals surface area contributed by atoms with Gasteiger partial charge in [-0.2, -0.15) is 4.98 Å². The lowest BCUT2D eigenvalue weighted by Gasteiger charge is -2.02. The number of oxazole rings is 1. The lowest BCUT2D eigenvalue weighted by molar-refractivity contribution is 0.104. The molecule has 0 unspecified atom stereocenters. The van der Waals surface area contributed by atoms with Gasteiger partial charge in [0.2, 0.25) is 0 Å². The number of anilines is 2. The van der Waals surface area contributed by atoms with Crippen molar-refractivity contribution in [1.29, 1.82) is 0 Å². The van der Waals surface area contributed by atoms with E-state index in [0.29, 0.717) is 11.6 Å². The zero-order chi connectivity index (χ0) is 18.6. The highest BCUT2D eigenvalue weighted by Crippen LogP contribution is 2.22. The van der Waals surface area contributed by atoms with E-state index >= 15 is 0 Å². The summed E-state index contributed by atoms with van der Waals surface area (Å²) in [6, 6.07) is 23.0. The van der Waals surface area contributed by atoms with Gasteiger partial charge in [-0.05, 0) is 60.2 Å². The van der Waals surface area contributed by atoms with Gasteiger partial charge in [-0.15, -0.1) is 0 Å². The molecule has 3 aromatic carbocycles. The largest absolute Gasteiger partial charge is 0.423 e. The Bertz CT molecular complexity index is 1080. The average molecular weight is 419 g/mol. The number of nitrogens with one attached hydrogen (secondary N) is 1. The Morgan fingerprint density at radius 2 is 1.70 bits per heavy atom. The van der Waals surface area contributed by atoms with Crippen LogP contribution in [0.25, 0.3) is 17.2 Å². The van der Waals surface area contributed by atoms with Crippen molar-refractivity contribution in [1.82, 2.24) is 4.98 Å². The first kappa shape index (κ1) is 17.2. The lowest BCUT2D eigenvalue weighted by atomic mass is 10.1. The van der Waals surface area contributed by atoms with E-state index in [1.54, 1.807) is 24.3 Å². The number of halogens is 1. The second-order valence-electron chi connectivity index (χ2n) is 5.94. The summed E-state index contributed by atoms with van der Waals surface area (Å²) in [5, 5.41) is 3.11. The van der Waals surface area contributed by atoms with Gasteiger partial charge in [-0.25, -0.2) is 0 Å². The average Bonchev–Trinajstić information content (AvgIpc) is 3.10. The minimum absolute atomic E-state index is 0.0497. The van der Waals surface area contributed by atoms with Crippen LogP contribution in [0.15, 0.2) is 87.8 Å². The number of carbonyl (C=O) groups is 1. The van der Waals surface area contributed by atoms with Crippen LogP contribution in [-0.2, 0) is 0 Å². The van der Waals surface area contributed by atoms with Gasteiger partial charge in [-0.1, -0.05) is 46.3 Å². The summed E-state index contributed by atoms with van der Waals surface area (Å²) < 4.78 is 6.65. The monoisotopic (exact) mass is 418 g/mol.